The predicted octanol–water partition coefficient (Wildman–Crippen LogP) is 2.26. The Morgan fingerprint density at radius 3 is 2.50 bits per heavy atom. The van der Waals surface area contributed by atoms with E-state index in [0.717, 1.165) is 24.0 Å². The lowest BCUT2D eigenvalue weighted by atomic mass is 10.1. The molecule has 0 aromatic heterocycles. The fourth-order valence-corrected chi connectivity index (χ4v) is 4.07. The first kappa shape index (κ1) is 15.5. The van der Waals surface area contributed by atoms with Crippen molar-refractivity contribution in [3.63, 3.8) is 0 Å². The van der Waals surface area contributed by atoms with E-state index in [-0.39, 0.29) is 6.04 Å². The van der Waals surface area contributed by atoms with Crippen LogP contribution in [0.25, 0.3) is 0 Å². The molecule has 1 aromatic carbocycles. The van der Waals surface area contributed by atoms with Crippen LogP contribution in [0.4, 0.5) is 0 Å². The minimum absolute atomic E-state index is 0.0248. The predicted molar refractivity (Wildman–Crippen MR) is 80.8 cm³/mol. The van der Waals surface area contributed by atoms with Gasteiger partial charge in [-0.05, 0) is 62.8 Å². The molecule has 0 aliphatic heterocycles. The molecular weight excluding hydrogens is 272 g/mol. The molecule has 0 spiro atoms. The van der Waals surface area contributed by atoms with E-state index in [1.165, 1.54) is 0 Å². The summed E-state index contributed by atoms with van der Waals surface area (Å²) in [6.07, 6.45) is 2.28. The molecule has 0 bridgehead atoms. The largest absolute Gasteiger partial charge is 0.326 e. The lowest BCUT2D eigenvalue weighted by molar-refractivity contribution is 0.341. The van der Waals surface area contributed by atoms with E-state index in [1.54, 1.807) is 16.4 Å². The summed E-state index contributed by atoms with van der Waals surface area (Å²) in [5.74, 6) is 0.534. The first-order valence-electron chi connectivity index (χ1n) is 7.17. The third-order valence-electron chi connectivity index (χ3n) is 3.86. The maximum absolute atomic E-state index is 12.8. The zero-order valence-electron chi connectivity index (χ0n) is 12.5. The number of nitrogens with two attached hydrogens (primary N) is 1. The van der Waals surface area contributed by atoms with Gasteiger partial charge in [0.05, 0.1) is 4.90 Å². The van der Waals surface area contributed by atoms with Crippen molar-refractivity contribution < 1.29 is 8.42 Å². The highest BCUT2D eigenvalue weighted by atomic mass is 32.2. The van der Waals surface area contributed by atoms with E-state index >= 15 is 0 Å². The van der Waals surface area contributed by atoms with Gasteiger partial charge < -0.3 is 5.73 Å². The fraction of sp³-hybridized carbons (Fsp3) is 0.600. The molecule has 4 nitrogen and oxygen atoms in total. The Balaban J connectivity index is 2.36. The number of aryl methyl sites for hydroxylation is 1. The second-order valence-electron chi connectivity index (χ2n) is 5.90. The topological polar surface area (TPSA) is 63.4 Å². The second-order valence-corrected chi connectivity index (χ2v) is 7.79. The highest BCUT2D eigenvalue weighted by molar-refractivity contribution is 7.89. The van der Waals surface area contributed by atoms with E-state index in [0.29, 0.717) is 23.9 Å². The van der Waals surface area contributed by atoms with Crippen molar-refractivity contribution in [2.45, 2.75) is 51.1 Å². The standard InChI is InChI=1S/C15H24N2O2S/c1-11(2)17(10-13-5-6-13)20(18,19)15-7-4-12(3)14(8-15)9-16/h4,7-8,11,13H,5-6,9-10,16H2,1-3H3. The molecule has 1 aliphatic carbocycles. The molecule has 20 heavy (non-hydrogen) atoms. The van der Waals surface area contributed by atoms with Crippen molar-refractivity contribution in [3.05, 3.63) is 29.3 Å². The van der Waals surface area contributed by atoms with Gasteiger partial charge in [-0.25, -0.2) is 8.42 Å². The minimum atomic E-state index is -3.43. The average Bonchev–Trinajstić information content (AvgIpc) is 3.19. The number of hydrogen-bond acceptors (Lipinski definition) is 3. The zero-order valence-corrected chi connectivity index (χ0v) is 13.3. The normalized spacial score (nSPS) is 16.1. The van der Waals surface area contributed by atoms with Crippen LogP contribution in [0.2, 0.25) is 0 Å². The maximum Gasteiger partial charge on any atom is 0.243 e. The smallest absolute Gasteiger partial charge is 0.243 e. The first-order valence-corrected chi connectivity index (χ1v) is 8.61. The third kappa shape index (κ3) is 3.22. The Labute approximate surface area is 122 Å². The number of nitrogens with zero attached hydrogens (tertiary/aromatic N) is 1. The summed E-state index contributed by atoms with van der Waals surface area (Å²) >= 11 is 0. The van der Waals surface area contributed by atoms with Gasteiger partial charge in [-0.15, -0.1) is 0 Å². The van der Waals surface area contributed by atoms with Gasteiger partial charge in [0.15, 0.2) is 0 Å². The van der Waals surface area contributed by atoms with E-state index < -0.39 is 10.0 Å². The van der Waals surface area contributed by atoms with Gasteiger partial charge in [0, 0.05) is 19.1 Å². The average molecular weight is 296 g/mol. The maximum atomic E-state index is 12.8. The SMILES string of the molecule is Cc1ccc(S(=O)(=O)N(CC2CC2)C(C)C)cc1CN. The summed E-state index contributed by atoms with van der Waals surface area (Å²) in [5, 5.41) is 0. The number of sulfonamides is 1. The fourth-order valence-electron chi connectivity index (χ4n) is 2.30. The van der Waals surface area contributed by atoms with Gasteiger partial charge in [-0.1, -0.05) is 6.07 Å². The summed E-state index contributed by atoms with van der Waals surface area (Å²) in [6, 6.07) is 5.22. The summed E-state index contributed by atoms with van der Waals surface area (Å²) < 4.78 is 27.2. The zero-order chi connectivity index (χ0) is 14.9. The molecule has 1 fully saturated rings. The van der Waals surface area contributed by atoms with Crippen LogP contribution in [0.15, 0.2) is 23.1 Å². The third-order valence-corrected chi connectivity index (χ3v) is 5.90. The molecule has 0 heterocycles. The summed E-state index contributed by atoms with van der Waals surface area (Å²) in [6.45, 7) is 6.80. The van der Waals surface area contributed by atoms with Crippen molar-refractivity contribution >= 4 is 10.0 Å². The molecule has 0 unspecified atom stereocenters. The summed E-state index contributed by atoms with van der Waals surface area (Å²) in [4.78, 5) is 0.359. The number of hydrogen-bond donors (Lipinski definition) is 1. The number of rotatable bonds is 6. The molecule has 112 valence electrons. The Morgan fingerprint density at radius 2 is 2.00 bits per heavy atom. The molecule has 1 aromatic rings. The van der Waals surface area contributed by atoms with Crippen LogP contribution < -0.4 is 5.73 Å². The molecule has 2 rings (SSSR count). The van der Waals surface area contributed by atoms with Crippen molar-refractivity contribution in [3.8, 4) is 0 Å². The van der Waals surface area contributed by atoms with Crippen molar-refractivity contribution in [1.82, 2.24) is 4.31 Å². The highest BCUT2D eigenvalue weighted by Gasteiger charge is 2.33. The van der Waals surface area contributed by atoms with Gasteiger partial charge in [0.1, 0.15) is 0 Å². The summed E-state index contributed by atoms with van der Waals surface area (Å²) in [7, 11) is -3.43. The van der Waals surface area contributed by atoms with E-state index in [1.807, 2.05) is 26.8 Å². The molecule has 0 atom stereocenters. The molecule has 1 aliphatic rings. The van der Waals surface area contributed by atoms with Crippen LogP contribution >= 0.6 is 0 Å². The van der Waals surface area contributed by atoms with Crippen molar-refractivity contribution in [2.24, 2.45) is 11.7 Å². The first-order chi connectivity index (χ1) is 9.36. The lowest BCUT2D eigenvalue weighted by Gasteiger charge is -2.26. The van der Waals surface area contributed by atoms with Crippen molar-refractivity contribution in [1.29, 1.82) is 0 Å². The second kappa shape index (κ2) is 5.84. The summed E-state index contributed by atoms with van der Waals surface area (Å²) in [5.41, 5.74) is 7.60. The van der Waals surface area contributed by atoms with Crippen LogP contribution in [0, 0.1) is 12.8 Å². The lowest BCUT2D eigenvalue weighted by Crippen LogP contribution is -2.38. The Hall–Kier alpha value is -0.910. The van der Waals surface area contributed by atoms with Crippen LogP contribution in [-0.4, -0.2) is 25.3 Å². The number of benzene rings is 1. The molecule has 0 saturated heterocycles. The van der Waals surface area contributed by atoms with Crippen LogP contribution in [0.3, 0.4) is 0 Å². The van der Waals surface area contributed by atoms with Gasteiger partial charge in [-0.3, -0.25) is 0 Å². The highest BCUT2D eigenvalue weighted by Crippen LogP contribution is 2.32. The van der Waals surface area contributed by atoms with Gasteiger partial charge in [-0.2, -0.15) is 4.31 Å². The van der Waals surface area contributed by atoms with E-state index in [2.05, 4.69) is 0 Å². The van der Waals surface area contributed by atoms with E-state index in [9.17, 15) is 8.42 Å². The van der Waals surface area contributed by atoms with Crippen molar-refractivity contribution in [2.75, 3.05) is 6.54 Å². The Kier molecular flexibility index (Phi) is 4.52. The van der Waals surface area contributed by atoms with Crippen LogP contribution in [-0.2, 0) is 16.6 Å². The van der Waals surface area contributed by atoms with Gasteiger partial charge in [0.25, 0.3) is 0 Å². The molecule has 2 N–H and O–H groups in total. The van der Waals surface area contributed by atoms with E-state index in [4.69, 9.17) is 5.73 Å². The Bertz CT molecular complexity index is 578. The quantitative estimate of drug-likeness (QED) is 0.876. The molecule has 1 saturated carbocycles. The molecular formula is C15H24N2O2S. The monoisotopic (exact) mass is 296 g/mol. The van der Waals surface area contributed by atoms with Gasteiger partial charge in [0.2, 0.25) is 10.0 Å². The van der Waals surface area contributed by atoms with Crippen LogP contribution in [0.5, 0.6) is 0 Å². The molecule has 0 amide bonds. The Morgan fingerprint density at radius 1 is 1.35 bits per heavy atom. The van der Waals surface area contributed by atoms with Crippen LogP contribution in [0.1, 0.15) is 37.8 Å². The van der Waals surface area contributed by atoms with Gasteiger partial charge >= 0.3 is 0 Å². The molecule has 0 radical (unpaired) electrons. The minimum Gasteiger partial charge on any atom is -0.326 e. The molecule has 5 heteroatoms.